The molecule has 9 aliphatic rings. The number of allylic oxidation sites excluding steroid dienone is 1. The van der Waals surface area contributed by atoms with Gasteiger partial charge in [0.1, 0.15) is 22.7 Å². The summed E-state index contributed by atoms with van der Waals surface area (Å²) < 4.78 is 28.1. The van der Waals surface area contributed by atoms with Crippen LogP contribution in [0.2, 0.25) is 0 Å². The van der Waals surface area contributed by atoms with Crippen LogP contribution in [0.1, 0.15) is 108 Å². The van der Waals surface area contributed by atoms with E-state index in [4.69, 9.17) is 35.1 Å². The van der Waals surface area contributed by atoms with Gasteiger partial charge in [0.15, 0.2) is 28.5 Å². The molecule has 0 amide bonds. The number of piperazine rings is 1. The molecule has 9 N–H and O–H groups in total. The fourth-order valence-electron chi connectivity index (χ4n) is 19.7. The highest BCUT2D eigenvalue weighted by atomic mass is 16.5. The molecule has 2 saturated carbocycles. The van der Waals surface area contributed by atoms with Gasteiger partial charge in [-0.1, -0.05) is 159 Å². The summed E-state index contributed by atoms with van der Waals surface area (Å²) in [5.74, 6) is 16.9. The van der Waals surface area contributed by atoms with Crippen LogP contribution in [0.4, 0.5) is 11.5 Å². The van der Waals surface area contributed by atoms with Crippen molar-refractivity contribution in [2.24, 2.45) is 40.1 Å². The lowest BCUT2D eigenvalue weighted by atomic mass is 9.59. The number of aliphatic hydroxyl groups excluding tert-OH is 2. The largest absolute Gasteiger partial charge is 0.508 e. The molecule has 4 aliphatic carbocycles. The summed E-state index contributed by atoms with van der Waals surface area (Å²) in [5.41, 5.74) is 24.4. The Kier molecular flexibility index (Phi) is 15.6. The zero-order valence-corrected chi connectivity index (χ0v) is 57.4. The average molecular weight is 1350 g/mol. The maximum absolute atomic E-state index is 15.7. The van der Waals surface area contributed by atoms with E-state index in [2.05, 4.69) is 149 Å². The third-order valence-electron chi connectivity index (χ3n) is 24.4. The number of rotatable bonds is 10. The number of nitrogens with two attached hydrogens (primary N) is 2. The Hall–Kier alpha value is -10.5. The van der Waals surface area contributed by atoms with Gasteiger partial charge in [0.2, 0.25) is 5.75 Å². The monoisotopic (exact) mass is 1350 g/mol. The van der Waals surface area contributed by atoms with Gasteiger partial charge in [0.25, 0.3) is 0 Å². The standard InChI is InChI=1S/C88H82N6O8/c1-86-36-10-17-61(86)16-9-19-69-68-32-26-55-21-22-60-44-57-14-6-7-18-65(57)66-34-37-87(68,78(55)75(60)66)50-88(69)62-28-23-58(71(45-62)92-85(89)90)43-53(48-95)49-101-80-76(59-27-33-70-83(88)94(39-38-91-70)84-67(46-74(86)93-84)56-15-8-13-52(41-56)42-59)79-77(72(98)47-73(102-79)54-24-30-63(96)31-25-54)81(82(80)99-2)100-40-35-64(97)29-20-51-11-4-3-5-12-51/h3-8,11-15,18,20-26,28-32,41,44-47,53,59,61,64,68-70,83,91,93,95-97H,10,16-17,34-40,42-43,48-50H2,1-2H3,(H4,89,90,92). The number of nitrogens with one attached hydrogen (secondary N) is 2. The van der Waals surface area contributed by atoms with Crippen molar-refractivity contribution in [2.45, 2.75) is 111 Å². The molecular weight excluding hydrogens is 1270 g/mol. The molecule has 10 aromatic rings. The molecule has 102 heavy (non-hydrogen) atoms. The van der Waals surface area contributed by atoms with Gasteiger partial charge in [-0.15, -0.1) is 5.92 Å². The van der Waals surface area contributed by atoms with Crippen molar-refractivity contribution in [2.75, 3.05) is 44.9 Å². The van der Waals surface area contributed by atoms with Gasteiger partial charge in [-0.25, -0.2) is 4.99 Å². The van der Waals surface area contributed by atoms with E-state index < -0.39 is 46.3 Å². The first kappa shape index (κ1) is 63.7. The van der Waals surface area contributed by atoms with Gasteiger partial charge in [-0.3, -0.25) is 4.79 Å². The van der Waals surface area contributed by atoms with Crippen LogP contribution in [-0.4, -0.2) is 84.5 Å². The number of anilines is 1. The Morgan fingerprint density at radius 3 is 2.60 bits per heavy atom. The Bertz CT molecular complexity index is 5360. The predicted molar refractivity (Wildman–Crippen MR) is 404 cm³/mol. The van der Waals surface area contributed by atoms with Crippen LogP contribution in [0.5, 0.6) is 23.0 Å². The number of aliphatic hydroxyl groups is 2. The zero-order valence-electron chi connectivity index (χ0n) is 57.4. The first-order valence-corrected chi connectivity index (χ1v) is 36.3. The summed E-state index contributed by atoms with van der Waals surface area (Å²) in [5, 5.41) is 43.3. The number of fused-ring (bicyclic) bond motifs is 15. The van der Waals surface area contributed by atoms with Gasteiger partial charge in [0.05, 0.1) is 55.7 Å². The number of H-pyrrole nitrogens is 1. The summed E-state index contributed by atoms with van der Waals surface area (Å²) in [4.78, 5) is 27.8. The van der Waals surface area contributed by atoms with Gasteiger partial charge in [-0.2, -0.15) is 0 Å². The Morgan fingerprint density at radius 1 is 0.882 bits per heavy atom. The van der Waals surface area contributed by atoms with E-state index in [1.807, 2.05) is 36.4 Å². The van der Waals surface area contributed by atoms with E-state index >= 15 is 4.79 Å². The maximum atomic E-state index is 15.7. The number of ether oxygens (including phenoxy) is 3. The topological polar surface area (TPSA) is 214 Å². The fourth-order valence-corrected chi connectivity index (χ4v) is 19.7. The molecule has 19 rings (SSSR count). The fraction of sp³-hybridized carbons (Fsp3) is 0.318. The molecule has 3 fully saturated rings. The smallest absolute Gasteiger partial charge is 0.204 e. The number of benzene rings is 8. The molecule has 2 spiro atoms. The van der Waals surface area contributed by atoms with E-state index in [9.17, 15) is 15.3 Å². The van der Waals surface area contributed by atoms with Crippen molar-refractivity contribution in [1.29, 1.82) is 0 Å². The van der Waals surface area contributed by atoms with Crippen LogP contribution in [0, 0.1) is 47.4 Å². The number of aliphatic imine (C=N–C) groups is 1. The minimum atomic E-state index is -0.915. The van der Waals surface area contributed by atoms with E-state index in [0.29, 0.717) is 48.7 Å². The third kappa shape index (κ3) is 10.3. The first-order valence-electron chi connectivity index (χ1n) is 36.3. The normalized spacial score (nSPS) is 25.8. The molecule has 11 unspecified atom stereocenters. The van der Waals surface area contributed by atoms with Crippen molar-refractivity contribution in [3.63, 3.8) is 0 Å². The summed E-state index contributed by atoms with van der Waals surface area (Å²) in [6, 6.07) is 50.8. The van der Waals surface area contributed by atoms with Crippen molar-refractivity contribution < 1.29 is 33.9 Å². The zero-order chi connectivity index (χ0) is 69.2. The predicted octanol–water partition coefficient (Wildman–Crippen LogP) is 14.2. The molecule has 7 heterocycles. The van der Waals surface area contributed by atoms with Crippen LogP contribution in [0.15, 0.2) is 178 Å². The number of aromatic hydroxyl groups is 1. The van der Waals surface area contributed by atoms with Gasteiger partial charge < -0.3 is 60.6 Å². The minimum Gasteiger partial charge on any atom is -0.508 e. The highest BCUT2D eigenvalue weighted by molar-refractivity contribution is 6.06. The number of hydrogen-bond acceptors (Lipinski definition) is 11. The van der Waals surface area contributed by atoms with Gasteiger partial charge in [-0.05, 0) is 159 Å². The third-order valence-corrected chi connectivity index (χ3v) is 24.4. The molecule has 10 bridgehead atoms. The highest BCUT2D eigenvalue weighted by Gasteiger charge is 2.68. The van der Waals surface area contributed by atoms with Crippen molar-refractivity contribution in [3.8, 4) is 69.1 Å². The molecule has 14 nitrogen and oxygen atoms in total. The molecule has 1 saturated heterocycles. The lowest BCUT2D eigenvalue weighted by molar-refractivity contribution is 0.156. The summed E-state index contributed by atoms with van der Waals surface area (Å²) in [6.07, 6.45) is 14.8. The van der Waals surface area contributed by atoms with E-state index in [1.165, 1.54) is 57.1 Å². The van der Waals surface area contributed by atoms with E-state index in [1.54, 1.807) is 30.3 Å². The van der Waals surface area contributed by atoms with Crippen LogP contribution >= 0.6 is 0 Å². The van der Waals surface area contributed by atoms with Crippen LogP contribution in [0.25, 0.3) is 67.1 Å². The van der Waals surface area contributed by atoms with Crippen molar-refractivity contribution in [3.05, 3.63) is 224 Å². The first-order chi connectivity index (χ1) is 49.8. The van der Waals surface area contributed by atoms with E-state index in [-0.39, 0.29) is 95.6 Å². The van der Waals surface area contributed by atoms with Gasteiger partial charge >= 0.3 is 0 Å². The average Bonchev–Trinajstić information content (AvgIpc) is 1.49. The second-order valence-corrected chi connectivity index (χ2v) is 30.0. The second kappa shape index (κ2) is 24.9. The number of aromatic nitrogens is 1. The number of aromatic amines is 1. The SMILES string of the molecule is COc1c2c(c3oc(-c4ccc(O)cc4)cc(=O)c3c1OCCC(O)C=Cc1ccccc1)C1C#CC3NCCN4c5[nH]c(cc5-c5cccc(c5)C1)C1(C)CCCC1CC#CC1C5C=Cc6ccc7cc8ccccc8c8c7c6C5(CC8)CC1(c1ccc(c(N=C(N)N)c1)CC(CO)CO2)C34. The molecule has 11 atom stereocenters. The Morgan fingerprint density at radius 2 is 1.75 bits per heavy atom. The number of hydrogen-bond donors (Lipinski definition) is 7. The Balaban J connectivity index is 0.934. The Labute approximate surface area is 593 Å². The van der Waals surface area contributed by atoms with Crippen molar-refractivity contribution >= 4 is 62.1 Å². The number of nitrogens with zero attached hydrogens (tertiary/aromatic N) is 2. The lowest BCUT2D eigenvalue weighted by Gasteiger charge is -2.53. The number of methoxy groups -OCH3 is 1. The van der Waals surface area contributed by atoms with Gasteiger partial charge in [0, 0.05) is 89.4 Å². The molecule has 14 heteroatoms. The molecule has 5 aliphatic heterocycles. The lowest BCUT2D eigenvalue weighted by Crippen LogP contribution is -2.67. The van der Waals surface area contributed by atoms with Crippen molar-refractivity contribution in [1.82, 2.24) is 10.3 Å². The molecule has 8 aromatic carbocycles. The summed E-state index contributed by atoms with van der Waals surface area (Å²) in [7, 11) is 1.53. The number of aryl methyl sites for hydroxylation is 1. The molecular formula is C88H82N6O8. The number of guanidine groups is 1. The summed E-state index contributed by atoms with van der Waals surface area (Å²) in [6.45, 7) is 3.30. The van der Waals surface area contributed by atoms with Crippen LogP contribution in [0.3, 0.4) is 0 Å². The van der Waals surface area contributed by atoms with Crippen LogP contribution < -0.4 is 41.3 Å². The quantitative estimate of drug-likeness (QED) is 0.0295. The molecule has 2 aromatic heterocycles. The summed E-state index contributed by atoms with van der Waals surface area (Å²) >= 11 is 0. The second-order valence-electron chi connectivity index (χ2n) is 30.0. The minimum absolute atomic E-state index is 0.0403. The molecule has 0 radical (unpaired) electrons. The highest BCUT2D eigenvalue weighted by Crippen LogP contribution is 2.69. The number of phenols is 1. The maximum Gasteiger partial charge on any atom is 0.204 e. The molecule has 512 valence electrons. The number of phenolic OH excluding ortho intramolecular Hbond substituents is 1. The van der Waals surface area contributed by atoms with E-state index in [0.717, 1.165) is 77.7 Å². The van der Waals surface area contributed by atoms with Crippen LogP contribution in [-0.2, 0) is 35.5 Å².